The molecule has 74 valence electrons. The zero-order valence-corrected chi connectivity index (χ0v) is 7.74. The molecular weight excluding hydrogens is 200 g/mol. The maximum Gasteiger partial charge on any atom is 0.287 e. The van der Waals surface area contributed by atoms with Crippen molar-refractivity contribution in [3.8, 4) is 0 Å². The van der Waals surface area contributed by atoms with Gasteiger partial charge in [0.05, 0.1) is 6.54 Å². The van der Waals surface area contributed by atoms with Crippen LogP contribution in [0.4, 0.5) is 13.9 Å². The first-order valence-electron chi connectivity index (χ1n) is 3.56. The molecule has 0 saturated heterocycles. The van der Waals surface area contributed by atoms with E-state index in [1.807, 2.05) is 0 Å². The number of nitrogens with zero attached hydrogens (tertiary/aromatic N) is 2. The summed E-state index contributed by atoms with van der Waals surface area (Å²) in [6.07, 6.45) is 0. The van der Waals surface area contributed by atoms with E-state index < -0.39 is 19.1 Å². The molecule has 0 aromatic carbocycles. The fraction of sp³-hybridized carbons (Fsp3) is 0.667. The number of aryl methyl sites for hydroxylation is 1. The van der Waals surface area contributed by atoms with Crippen LogP contribution in [0, 0.1) is 6.92 Å². The maximum atomic E-state index is 12.5. The van der Waals surface area contributed by atoms with E-state index in [1.54, 1.807) is 6.92 Å². The zero-order chi connectivity index (χ0) is 9.90. The Labute approximate surface area is 77.6 Å². The number of nitrogens with one attached hydrogen (secondary N) is 1. The molecule has 1 aromatic rings. The van der Waals surface area contributed by atoms with Crippen molar-refractivity contribution in [3.63, 3.8) is 0 Å². The molecule has 0 aliphatic heterocycles. The molecule has 0 radical (unpaired) electrons. The van der Waals surface area contributed by atoms with E-state index in [1.165, 1.54) is 11.3 Å². The van der Waals surface area contributed by atoms with Crippen molar-refractivity contribution in [1.29, 1.82) is 0 Å². The summed E-state index contributed by atoms with van der Waals surface area (Å²) < 4.78 is 25.0. The summed E-state index contributed by atoms with van der Waals surface area (Å²) in [5, 5.41) is 18.9. The van der Waals surface area contributed by atoms with Crippen LogP contribution in [0.1, 0.15) is 5.01 Å². The highest BCUT2D eigenvalue weighted by Gasteiger charge is 2.27. The number of aliphatic hydroxyl groups is 1. The lowest BCUT2D eigenvalue weighted by Gasteiger charge is -2.12. The summed E-state index contributed by atoms with van der Waals surface area (Å²) in [5.74, 6) is -3.11. The van der Waals surface area contributed by atoms with E-state index in [-0.39, 0.29) is 0 Å². The number of rotatable bonds is 4. The molecule has 0 amide bonds. The minimum atomic E-state index is -3.11. The van der Waals surface area contributed by atoms with Crippen LogP contribution >= 0.6 is 11.3 Å². The summed E-state index contributed by atoms with van der Waals surface area (Å²) in [6.45, 7) is -0.0665. The summed E-state index contributed by atoms with van der Waals surface area (Å²) in [7, 11) is 0. The number of alkyl halides is 2. The van der Waals surface area contributed by atoms with Gasteiger partial charge in [0.15, 0.2) is 0 Å². The second-order valence-electron chi connectivity index (χ2n) is 2.49. The number of anilines is 1. The molecule has 1 heterocycles. The topological polar surface area (TPSA) is 58.0 Å². The molecule has 0 atom stereocenters. The van der Waals surface area contributed by atoms with Gasteiger partial charge >= 0.3 is 0 Å². The fourth-order valence-corrected chi connectivity index (χ4v) is 1.22. The van der Waals surface area contributed by atoms with Gasteiger partial charge in [-0.3, -0.25) is 0 Å². The quantitative estimate of drug-likeness (QED) is 0.773. The van der Waals surface area contributed by atoms with Gasteiger partial charge in [0.2, 0.25) is 5.13 Å². The predicted molar refractivity (Wildman–Crippen MR) is 45.2 cm³/mol. The second-order valence-corrected chi connectivity index (χ2v) is 3.68. The van der Waals surface area contributed by atoms with E-state index in [0.29, 0.717) is 10.1 Å². The normalized spacial score (nSPS) is 11.7. The molecule has 0 spiro atoms. The Morgan fingerprint density at radius 2 is 2.23 bits per heavy atom. The lowest BCUT2D eigenvalue weighted by atomic mass is 10.4. The van der Waals surface area contributed by atoms with Crippen molar-refractivity contribution in [2.24, 2.45) is 0 Å². The molecule has 0 saturated carbocycles. The smallest absolute Gasteiger partial charge is 0.287 e. The molecule has 0 unspecified atom stereocenters. The number of aromatic nitrogens is 2. The van der Waals surface area contributed by atoms with Crippen LogP contribution < -0.4 is 5.32 Å². The number of hydrogen-bond donors (Lipinski definition) is 2. The zero-order valence-electron chi connectivity index (χ0n) is 6.92. The van der Waals surface area contributed by atoms with E-state index in [2.05, 4.69) is 15.5 Å². The SMILES string of the molecule is Cc1nnc(NCC(F)(F)CO)s1. The first kappa shape index (κ1) is 10.3. The first-order valence-corrected chi connectivity index (χ1v) is 4.38. The largest absolute Gasteiger partial charge is 0.390 e. The van der Waals surface area contributed by atoms with Crippen molar-refractivity contribution < 1.29 is 13.9 Å². The highest BCUT2D eigenvalue weighted by molar-refractivity contribution is 7.15. The molecule has 4 nitrogen and oxygen atoms in total. The third-order valence-corrected chi connectivity index (χ3v) is 2.05. The van der Waals surface area contributed by atoms with Crippen LogP contribution in [0.3, 0.4) is 0 Å². The molecule has 0 aliphatic rings. The van der Waals surface area contributed by atoms with Crippen LogP contribution in [-0.4, -0.2) is 34.4 Å². The third-order valence-electron chi connectivity index (χ3n) is 1.26. The van der Waals surface area contributed by atoms with Crippen LogP contribution in [0.2, 0.25) is 0 Å². The van der Waals surface area contributed by atoms with Crippen molar-refractivity contribution in [1.82, 2.24) is 10.2 Å². The Kier molecular flexibility index (Phi) is 3.10. The Hall–Kier alpha value is -0.820. The van der Waals surface area contributed by atoms with Gasteiger partial charge in [0.1, 0.15) is 11.6 Å². The Morgan fingerprint density at radius 1 is 1.54 bits per heavy atom. The molecule has 0 fully saturated rings. The standard InChI is InChI=1S/C6H9F2N3OS/c1-4-10-11-5(13-4)9-2-6(7,8)3-12/h12H,2-3H2,1H3,(H,9,11). The van der Waals surface area contributed by atoms with Crippen LogP contribution in [0.15, 0.2) is 0 Å². The molecular formula is C6H9F2N3OS. The molecule has 2 N–H and O–H groups in total. The van der Waals surface area contributed by atoms with Gasteiger partial charge in [0, 0.05) is 0 Å². The summed E-state index contributed by atoms with van der Waals surface area (Å²) in [5.41, 5.74) is 0. The molecule has 0 bridgehead atoms. The number of halogens is 2. The third kappa shape index (κ3) is 3.19. The monoisotopic (exact) mass is 209 g/mol. The Balaban J connectivity index is 2.43. The average molecular weight is 209 g/mol. The molecule has 7 heteroatoms. The molecule has 1 aromatic heterocycles. The minimum absolute atomic E-state index is 0.339. The highest BCUT2D eigenvalue weighted by Crippen LogP contribution is 2.17. The van der Waals surface area contributed by atoms with Crippen molar-refractivity contribution in [3.05, 3.63) is 5.01 Å². The predicted octanol–water partition coefficient (Wildman–Crippen LogP) is 0.886. The van der Waals surface area contributed by atoms with Gasteiger partial charge in [-0.1, -0.05) is 11.3 Å². The Bertz CT molecular complexity index is 279. The molecule has 1 rings (SSSR count). The van der Waals surface area contributed by atoms with Crippen LogP contribution in [0.5, 0.6) is 0 Å². The van der Waals surface area contributed by atoms with Crippen LogP contribution in [0.25, 0.3) is 0 Å². The second kappa shape index (κ2) is 3.93. The van der Waals surface area contributed by atoms with Crippen molar-refractivity contribution >= 4 is 16.5 Å². The maximum absolute atomic E-state index is 12.5. The van der Waals surface area contributed by atoms with E-state index in [0.717, 1.165) is 0 Å². The highest BCUT2D eigenvalue weighted by atomic mass is 32.1. The number of aliphatic hydroxyl groups excluding tert-OH is 1. The first-order chi connectivity index (χ1) is 6.03. The van der Waals surface area contributed by atoms with Crippen molar-refractivity contribution in [2.45, 2.75) is 12.8 Å². The van der Waals surface area contributed by atoms with E-state index in [4.69, 9.17) is 5.11 Å². The van der Waals surface area contributed by atoms with Gasteiger partial charge in [-0.05, 0) is 6.92 Å². The van der Waals surface area contributed by atoms with Gasteiger partial charge in [-0.15, -0.1) is 10.2 Å². The lowest BCUT2D eigenvalue weighted by molar-refractivity contribution is -0.0372. The summed E-state index contributed by atoms with van der Waals surface area (Å²) >= 11 is 1.19. The van der Waals surface area contributed by atoms with Gasteiger partial charge in [-0.25, -0.2) is 8.78 Å². The van der Waals surface area contributed by atoms with E-state index >= 15 is 0 Å². The molecule has 0 aliphatic carbocycles. The molecule has 13 heavy (non-hydrogen) atoms. The van der Waals surface area contributed by atoms with Gasteiger partial charge in [0.25, 0.3) is 5.92 Å². The van der Waals surface area contributed by atoms with Gasteiger partial charge in [-0.2, -0.15) is 0 Å². The van der Waals surface area contributed by atoms with E-state index in [9.17, 15) is 8.78 Å². The summed E-state index contributed by atoms with van der Waals surface area (Å²) in [6, 6.07) is 0. The Morgan fingerprint density at radius 3 is 2.69 bits per heavy atom. The minimum Gasteiger partial charge on any atom is -0.390 e. The van der Waals surface area contributed by atoms with Crippen LogP contribution in [-0.2, 0) is 0 Å². The fourth-order valence-electron chi connectivity index (χ4n) is 0.629. The van der Waals surface area contributed by atoms with Gasteiger partial charge < -0.3 is 10.4 Å². The summed E-state index contributed by atoms with van der Waals surface area (Å²) in [4.78, 5) is 0. The number of hydrogen-bond acceptors (Lipinski definition) is 5. The lowest BCUT2D eigenvalue weighted by Crippen LogP contribution is -2.30. The average Bonchev–Trinajstić information content (AvgIpc) is 2.48. The van der Waals surface area contributed by atoms with Crippen molar-refractivity contribution in [2.75, 3.05) is 18.5 Å².